The van der Waals surface area contributed by atoms with E-state index in [1.807, 2.05) is 19.4 Å². The van der Waals surface area contributed by atoms with Gasteiger partial charge < -0.3 is 10.3 Å². The van der Waals surface area contributed by atoms with E-state index in [1.165, 1.54) is 0 Å². The van der Waals surface area contributed by atoms with Crippen molar-refractivity contribution in [3.63, 3.8) is 0 Å². The Bertz CT molecular complexity index is 428. The second kappa shape index (κ2) is 4.27. The molecule has 5 heteroatoms. The highest BCUT2D eigenvalue weighted by Crippen LogP contribution is 2.13. The van der Waals surface area contributed by atoms with Crippen molar-refractivity contribution < 1.29 is 0 Å². The number of nitrogens with one attached hydrogen (secondary N) is 2. The molecule has 0 bridgehead atoms. The Hall–Kier alpha value is -1.62. The first-order valence-electron chi connectivity index (χ1n) is 5.03. The van der Waals surface area contributed by atoms with Crippen LogP contribution in [-0.2, 0) is 13.6 Å². The summed E-state index contributed by atoms with van der Waals surface area (Å²) in [6.45, 7) is 3.86. The van der Waals surface area contributed by atoms with Crippen molar-refractivity contribution >= 4 is 0 Å². The molecule has 0 radical (unpaired) electrons. The fourth-order valence-electron chi connectivity index (χ4n) is 1.40. The molecular formula is C10H15N5. The standard InChI is InChI=1S/C10H15N5/c1-3-11-5-9-6-12-10(14-9)8-4-13-15(2)7-8/h4,6-7,11H,3,5H2,1-2H3,(H,12,14). The van der Waals surface area contributed by atoms with Crippen LogP contribution in [0.4, 0.5) is 0 Å². The van der Waals surface area contributed by atoms with E-state index in [4.69, 9.17) is 0 Å². The summed E-state index contributed by atoms with van der Waals surface area (Å²) in [6.07, 6.45) is 5.59. The third-order valence-electron chi connectivity index (χ3n) is 2.17. The lowest BCUT2D eigenvalue weighted by Gasteiger charge is -1.96. The number of nitrogens with zero attached hydrogens (tertiary/aromatic N) is 3. The van der Waals surface area contributed by atoms with Crippen molar-refractivity contribution in [3.8, 4) is 11.4 Å². The maximum atomic E-state index is 4.30. The molecule has 0 aliphatic carbocycles. The van der Waals surface area contributed by atoms with Crippen molar-refractivity contribution in [1.29, 1.82) is 0 Å². The molecule has 0 saturated carbocycles. The Labute approximate surface area is 88.5 Å². The van der Waals surface area contributed by atoms with Crippen LogP contribution < -0.4 is 5.32 Å². The van der Waals surface area contributed by atoms with Crippen molar-refractivity contribution in [2.24, 2.45) is 7.05 Å². The smallest absolute Gasteiger partial charge is 0.140 e. The number of hydrogen-bond acceptors (Lipinski definition) is 3. The van der Waals surface area contributed by atoms with Crippen molar-refractivity contribution in [2.75, 3.05) is 6.54 Å². The first kappa shape index (κ1) is 9.92. The largest absolute Gasteiger partial charge is 0.341 e. The number of H-pyrrole nitrogens is 1. The van der Waals surface area contributed by atoms with Crippen LogP contribution >= 0.6 is 0 Å². The fourth-order valence-corrected chi connectivity index (χ4v) is 1.40. The lowest BCUT2D eigenvalue weighted by atomic mass is 10.3. The second-order valence-corrected chi connectivity index (χ2v) is 3.44. The van der Waals surface area contributed by atoms with Crippen LogP contribution in [0.15, 0.2) is 18.6 Å². The predicted molar refractivity (Wildman–Crippen MR) is 58.2 cm³/mol. The van der Waals surface area contributed by atoms with Crippen LogP contribution in [0.3, 0.4) is 0 Å². The quantitative estimate of drug-likeness (QED) is 0.780. The average Bonchev–Trinajstić information content (AvgIpc) is 2.83. The van der Waals surface area contributed by atoms with E-state index in [9.17, 15) is 0 Å². The van der Waals surface area contributed by atoms with E-state index in [0.29, 0.717) is 0 Å². The van der Waals surface area contributed by atoms with E-state index in [2.05, 4.69) is 27.3 Å². The fraction of sp³-hybridized carbons (Fsp3) is 0.400. The minimum absolute atomic E-state index is 0.823. The molecule has 2 aromatic heterocycles. The molecule has 0 spiro atoms. The van der Waals surface area contributed by atoms with E-state index >= 15 is 0 Å². The molecule has 0 amide bonds. The van der Waals surface area contributed by atoms with Crippen LogP contribution in [0.5, 0.6) is 0 Å². The maximum Gasteiger partial charge on any atom is 0.140 e. The average molecular weight is 205 g/mol. The molecule has 15 heavy (non-hydrogen) atoms. The van der Waals surface area contributed by atoms with Crippen LogP contribution in [0, 0.1) is 0 Å². The third kappa shape index (κ3) is 2.24. The van der Waals surface area contributed by atoms with Gasteiger partial charge in [-0.2, -0.15) is 5.10 Å². The summed E-state index contributed by atoms with van der Waals surface area (Å²) in [5, 5.41) is 7.35. The summed E-state index contributed by atoms with van der Waals surface area (Å²) in [6, 6.07) is 0. The van der Waals surface area contributed by atoms with E-state index in [-0.39, 0.29) is 0 Å². The Kier molecular flexibility index (Phi) is 2.82. The Morgan fingerprint density at radius 1 is 1.47 bits per heavy atom. The molecule has 0 fully saturated rings. The first-order chi connectivity index (χ1) is 7.29. The third-order valence-corrected chi connectivity index (χ3v) is 2.17. The van der Waals surface area contributed by atoms with Crippen LogP contribution in [0.2, 0.25) is 0 Å². The van der Waals surface area contributed by atoms with E-state index in [1.54, 1.807) is 10.9 Å². The van der Waals surface area contributed by atoms with Gasteiger partial charge in [-0.05, 0) is 6.54 Å². The lowest BCUT2D eigenvalue weighted by molar-refractivity contribution is 0.714. The van der Waals surface area contributed by atoms with Crippen molar-refractivity contribution in [3.05, 3.63) is 24.3 Å². The Balaban J connectivity index is 2.13. The molecule has 0 unspecified atom stereocenters. The molecule has 0 aliphatic rings. The van der Waals surface area contributed by atoms with Gasteiger partial charge in [-0.15, -0.1) is 0 Å². The molecule has 2 aromatic rings. The summed E-state index contributed by atoms with van der Waals surface area (Å²) in [7, 11) is 1.89. The molecule has 0 atom stereocenters. The minimum Gasteiger partial charge on any atom is -0.341 e. The summed E-state index contributed by atoms with van der Waals surface area (Å²) < 4.78 is 1.77. The highest BCUT2D eigenvalue weighted by molar-refractivity contribution is 5.52. The second-order valence-electron chi connectivity index (χ2n) is 3.44. The van der Waals surface area contributed by atoms with Gasteiger partial charge >= 0.3 is 0 Å². The summed E-state index contributed by atoms with van der Waals surface area (Å²) in [5.41, 5.74) is 2.11. The van der Waals surface area contributed by atoms with Crippen LogP contribution in [0.1, 0.15) is 12.6 Å². The molecule has 2 rings (SSSR count). The van der Waals surface area contributed by atoms with Crippen molar-refractivity contribution in [2.45, 2.75) is 13.5 Å². The zero-order chi connectivity index (χ0) is 10.7. The zero-order valence-electron chi connectivity index (χ0n) is 8.99. The van der Waals surface area contributed by atoms with Gasteiger partial charge in [-0.3, -0.25) is 4.68 Å². The van der Waals surface area contributed by atoms with Gasteiger partial charge in [0.2, 0.25) is 0 Å². The molecule has 5 nitrogen and oxygen atoms in total. The molecule has 80 valence electrons. The number of aromatic nitrogens is 4. The molecule has 0 aromatic carbocycles. The maximum absolute atomic E-state index is 4.30. The first-order valence-corrected chi connectivity index (χ1v) is 5.03. The topological polar surface area (TPSA) is 58.5 Å². The molecule has 0 aliphatic heterocycles. The normalized spacial score (nSPS) is 10.8. The van der Waals surface area contributed by atoms with Gasteiger partial charge in [0.25, 0.3) is 0 Å². The summed E-state index contributed by atoms with van der Waals surface area (Å²) in [5.74, 6) is 0.871. The molecule has 2 heterocycles. The molecule has 0 saturated heterocycles. The van der Waals surface area contributed by atoms with E-state index in [0.717, 1.165) is 30.2 Å². The monoisotopic (exact) mass is 205 g/mol. The van der Waals surface area contributed by atoms with Crippen LogP contribution in [0.25, 0.3) is 11.4 Å². The van der Waals surface area contributed by atoms with Crippen LogP contribution in [-0.4, -0.2) is 26.3 Å². The highest BCUT2D eigenvalue weighted by Gasteiger charge is 2.04. The number of aryl methyl sites for hydroxylation is 1. The number of rotatable bonds is 4. The van der Waals surface area contributed by atoms with Gasteiger partial charge in [-0.25, -0.2) is 4.98 Å². The Morgan fingerprint density at radius 2 is 2.33 bits per heavy atom. The van der Waals surface area contributed by atoms with Gasteiger partial charge in [-0.1, -0.05) is 6.92 Å². The summed E-state index contributed by atoms with van der Waals surface area (Å²) >= 11 is 0. The summed E-state index contributed by atoms with van der Waals surface area (Å²) in [4.78, 5) is 7.55. The Morgan fingerprint density at radius 3 is 3.00 bits per heavy atom. The number of imidazole rings is 1. The lowest BCUT2D eigenvalue weighted by Crippen LogP contribution is -2.11. The SMILES string of the molecule is CCNCc1cnc(-c2cnn(C)c2)[nH]1. The predicted octanol–water partition coefficient (Wildman–Crippen LogP) is 0.920. The van der Waals surface area contributed by atoms with Gasteiger partial charge in [0, 0.05) is 31.7 Å². The van der Waals surface area contributed by atoms with Gasteiger partial charge in [0.15, 0.2) is 0 Å². The molecular weight excluding hydrogens is 190 g/mol. The van der Waals surface area contributed by atoms with Gasteiger partial charge in [0.1, 0.15) is 5.82 Å². The number of hydrogen-bond donors (Lipinski definition) is 2. The number of aromatic amines is 1. The van der Waals surface area contributed by atoms with E-state index < -0.39 is 0 Å². The van der Waals surface area contributed by atoms with Crippen molar-refractivity contribution in [1.82, 2.24) is 25.1 Å². The highest BCUT2D eigenvalue weighted by atomic mass is 15.2. The van der Waals surface area contributed by atoms with Gasteiger partial charge in [0.05, 0.1) is 11.8 Å². The molecule has 2 N–H and O–H groups in total. The minimum atomic E-state index is 0.823. The zero-order valence-corrected chi connectivity index (χ0v) is 8.99.